The molecule has 0 spiro atoms. The first-order chi connectivity index (χ1) is 54.2. The number of nitrogens with one attached hydrogen (secondary N) is 2. The molecule has 10 heterocycles. The van der Waals surface area contributed by atoms with Crippen molar-refractivity contribution in [2.75, 3.05) is 78.9 Å². The maximum absolute atomic E-state index is 12.1. The summed E-state index contributed by atoms with van der Waals surface area (Å²) in [4.78, 5) is 82.3. The van der Waals surface area contributed by atoms with Crippen molar-refractivity contribution in [1.29, 1.82) is 0 Å². The number of aromatic amines is 2. The fourth-order valence-corrected chi connectivity index (χ4v) is 17.8. The summed E-state index contributed by atoms with van der Waals surface area (Å²) in [5.41, 5.74) is 12.3. The van der Waals surface area contributed by atoms with Gasteiger partial charge in [-0.2, -0.15) is 0 Å². The number of H-pyrrole nitrogens is 2. The number of aliphatic hydroxyl groups excluding tert-OH is 2. The van der Waals surface area contributed by atoms with Gasteiger partial charge in [-0.1, -0.05) is 153 Å². The molecule has 558 valence electrons. The van der Waals surface area contributed by atoms with Gasteiger partial charge in [-0.25, -0.2) is 14.8 Å². The number of aliphatic hydroxyl groups is 2. The van der Waals surface area contributed by atoms with Gasteiger partial charge in [0.1, 0.15) is 60.6 Å². The third-order valence-electron chi connectivity index (χ3n) is 19.5. The van der Waals surface area contributed by atoms with E-state index in [1.165, 1.54) is 64.6 Å². The number of Topliss-reactive ketones (excluding diaryl/α,β-unsaturated/α-hetero) is 2. The number of nitroso groups, excluding NO2 is 2. The number of aromatic nitrogens is 2. The Labute approximate surface area is 649 Å². The Bertz CT molecular complexity index is 5950. The van der Waals surface area contributed by atoms with E-state index in [0.29, 0.717) is 139 Å². The number of ketones is 2. The van der Waals surface area contributed by atoms with Crippen LogP contribution in [0.15, 0.2) is 201 Å². The van der Waals surface area contributed by atoms with Gasteiger partial charge in [0.25, 0.3) is 0 Å². The van der Waals surface area contributed by atoms with Gasteiger partial charge in [0.05, 0.1) is 64.8 Å². The van der Waals surface area contributed by atoms with E-state index >= 15 is 0 Å². The molecule has 18 rings (SSSR count). The Hall–Kier alpha value is -12.0. The average Bonchev–Trinajstić information content (AvgIpc) is 1.62. The maximum Gasteiger partial charge on any atom is 0.188 e. The van der Waals surface area contributed by atoms with Gasteiger partial charge in [-0.15, -0.1) is 9.81 Å². The minimum Gasteiger partial charge on any atom is -0.499 e. The highest BCUT2D eigenvalue weighted by Crippen LogP contribution is 2.51. The lowest BCUT2D eigenvalue weighted by Gasteiger charge is -2.25. The van der Waals surface area contributed by atoms with E-state index in [9.17, 15) is 50.0 Å². The third kappa shape index (κ3) is 15.2. The number of piperidine rings is 1. The number of hydrogen-bond donors (Lipinski definition) is 8. The Morgan fingerprint density at radius 2 is 0.910 bits per heavy atom. The Kier molecular flexibility index (Phi) is 22.2. The normalized spacial score (nSPS) is 14.8. The number of likely N-dealkylation sites (tertiary alicyclic amines) is 1. The third-order valence-corrected chi connectivity index (χ3v) is 23.4. The van der Waals surface area contributed by atoms with Crippen molar-refractivity contribution in [1.82, 2.24) is 19.8 Å². The van der Waals surface area contributed by atoms with E-state index < -0.39 is 13.2 Å². The van der Waals surface area contributed by atoms with Gasteiger partial charge < -0.3 is 55.0 Å². The molecule has 111 heavy (non-hydrogen) atoms. The number of nitrogens with zero attached hydrogens (tertiary/aromatic N) is 9. The Balaban J connectivity index is 0.000000119. The molecule has 2 fully saturated rings. The van der Waals surface area contributed by atoms with Crippen molar-refractivity contribution >= 4 is 170 Å². The molecule has 0 saturated carbocycles. The number of aromatic hydroxyl groups is 4. The maximum atomic E-state index is 12.1. The van der Waals surface area contributed by atoms with Gasteiger partial charge in [0.2, 0.25) is 0 Å². The molecule has 8 aromatic carbocycles. The number of oxime groups is 2. The van der Waals surface area contributed by atoms with Crippen LogP contribution in [0, 0.1) is 23.3 Å². The predicted molar refractivity (Wildman–Crippen MR) is 441 cm³/mol. The molecule has 28 heteroatoms. The fraction of sp³-hybridized carbons (Fsp3) is 0.193. The number of thiophene rings is 4. The first-order valence-corrected chi connectivity index (χ1v) is 38.8. The first kappa shape index (κ1) is 74.5. The second-order valence-electron chi connectivity index (χ2n) is 26.3. The van der Waals surface area contributed by atoms with Crippen LogP contribution in [0.1, 0.15) is 67.8 Å². The zero-order valence-electron chi connectivity index (χ0n) is 59.5. The Morgan fingerprint density at radius 3 is 1.34 bits per heavy atom. The molecule has 8 N–H and O–H groups in total. The number of ether oxygens (including phenoxy) is 1. The highest BCUT2D eigenvalue weighted by atomic mass is 32.1. The summed E-state index contributed by atoms with van der Waals surface area (Å²) in [5, 5.41) is 81.5. The quantitative estimate of drug-likeness (QED) is 0.0130. The molecule has 2 saturated heterocycles. The molecular formula is C83H69N11O13S4. The molecule has 6 aromatic heterocycles. The minimum atomic E-state index is -0.578. The van der Waals surface area contributed by atoms with E-state index in [1.54, 1.807) is 54.6 Å². The molecule has 4 aliphatic rings. The molecule has 0 atom stereocenters. The number of hydrogen-bond acceptors (Lipinski definition) is 25. The predicted octanol–water partition coefficient (Wildman–Crippen LogP) is 18.3. The fourth-order valence-electron chi connectivity index (χ4n) is 14.0. The van der Waals surface area contributed by atoms with E-state index in [-0.39, 0.29) is 37.5 Å². The monoisotopic (exact) mass is 1560 g/mol. The smallest absolute Gasteiger partial charge is 0.188 e. The van der Waals surface area contributed by atoms with Crippen LogP contribution < -0.4 is 0 Å². The summed E-state index contributed by atoms with van der Waals surface area (Å²) < 4.78 is 9.16. The summed E-state index contributed by atoms with van der Waals surface area (Å²) in [6.45, 7) is 15.6. The summed E-state index contributed by atoms with van der Waals surface area (Å²) in [5.74, 6) is -0.761. The summed E-state index contributed by atoms with van der Waals surface area (Å²) >= 11 is 5.12. The van der Waals surface area contributed by atoms with Gasteiger partial charge >= 0.3 is 0 Å². The number of carbonyl (C=O) groups excluding carboxylic acids is 2. The van der Waals surface area contributed by atoms with E-state index in [1.807, 2.05) is 122 Å². The molecule has 0 radical (unpaired) electrons. The molecule has 24 nitrogen and oxygen atoms in total. The van der Waals surface area contributed by atoms with Crippen LogP contribution in [0.4, 0.5) is 28.4 Å². The zero-order chi connectivity index (χ0) is 76.8. The number of rotatable bonds is 18. The number of aryl methyl sites for hydroxylation is 1. The molecule has 0 bridgehead atoms. The minimum absolute atomic E-state index is 0.132. The summed E-state index contributed by atoms with van der Waals surface area (Å²) in [7, 11) is 0. The number of morpholine rings is 1. The van der Waals surface area contributed by atoms with Crippen LogP contribution in [0.2, 0.25) is 0 Å². The van der Waals surface area contributed by atoms with Gasteiger partial charge in [-0.05, 0) is 128 Å². The second-order valence-corrected chi connectivity index (χ2v) is 30.5. The van der Waals surface area contributed by atoms with E-state index in [2.05, 4.69) is 45.3 Å². The van der Waals surface area contributed by atoms with Crippen molar-refractivity contribution in [3.8, 4) is 42.8 Å². The standard InChI is InChI=1S/C25H25N3O4S.C24H23N3O5S.C17H9N3O2S.C17H12N2O2S/c29-15-20(30)16-8-9-19-18(14-16)23(27-32-13-12-28-10-4-1-5-11-28)24(26-19)22-17-6-2-3-7-21(17)33-25(22)31;28-14-19(29)15-5-6-18-17(13-15)22(26-32-12-9-27-7-10-31-11-8-27)23(25-18)21-16-3-1-2-4-20(16)33-24(21)30;1-18-9-6-7-12-11(8-9)15(20-22)16(19-12)14-10-4-2-3-5-13(10)23-17(14)21;1-9-6-7-12-11(8-9)15(19-21)16(18-12)14-10-4-2-3-5-13(10)22-17(14)20/h2-3,6-9,14,29,31H,1,4-5,10-13,15H2;1-6,13,28,30H,7-12,14H2;2-8,19,21H;2-8,18,20H,1H3/b27-23+;26-22+;;. The summed E-state index contributed by atoms with van der Waals surface area (Å²) in [6.07, 6.45) is 3.71. The lowest BCUT2D eigenvalue weighted by Crippen LogP contribution is -2.38. The topological polar surface area (TPSA) is 334 Å². The molecule has 4 aliphatic heterocycles. The van der Waals surface area contributed by atoms with Crippen LogP contribution in [-0.4, -0.2) is 164 Å². The largest absolute Gasteiger partial charge is 0.499 e. The number of fused-ring (bicyclic) bond motifs is 8. The zero-order valence-corrected chi connectivity index (χ0v) is 62.7. The van der Waals surface area contributed by atoms with Crippen LogP contribution >= 0.6 is 45.3 Å². The van der Waals surface area contributed by atoms with E-state index in [4.69, 9.17) is 31.0 Å². The lowest BCUT2D eigenvalue weighted by molar-refractivity contribution is 0.0213. The van der Waals surface area contributed by atoms with Crippen LogP contribution in [-0.2, 0) is 14.4 Å². The van der Waals surface area contributed by atoms with Crippen LogP contribution in [0.25, 0.3) is 89.5 Å². The molecular weight excluding hydrogens is 1490 g/mol. The average molecular weight is 1560 g/mol. The molecule has 14 aromatic rings. The first-order valence-electron chi connectivity index (χ1n) is 35.6. The Morgan fingerprint density at radius 1 is 0.505 bits per heavy atom. The van der Waals surface area contributed by atoms with Crippen LogP contribution in [0.5, 0.6) is 20.3 Å². The summed E-state index contributed by atoms with van der Waals surface area (Å²) in [6, 6.07) is 51.7. The van der Waals surface area contributed by atoms with Gasteiger partial charge in [0, 0.05) is 111 Å². The van der Waals surface area contributed by atoms with Crippen molar-refractivity contribution in [2.24, 2.45) is 30.6 Å². The molecule has 0 aliphatic carbocycles. The number of aliphatic imine (C=N–C) groups is 2. The van der Waals surface area contributed by atoms with Gasteiger partial charge in [-0.3, -0.25) is 19.4 Å². The van der Waals surface area contributed by atoms with E-state index in [0.717, 1.165) is 96.1 Å². The van der Waals surface area contributed by atoms with Crippen molar-refractivity contribution < 1.29 is 54.6 Å². The highest BCUT2D eigenvalue weighted by Gasteiger charge is 2.33. The highest BCUT2D eigenvalue weighted by molar-refractivity contribution is 7.22. The lowest BCUT2D eigenvalue weighted by atomic mass is 9.99. The number of benzene rings is 8. The van der Waals surface area contributed by atoms with Crippen molar-refractivity contribution in [2.45, 2.75) is 26.2 Å². The molecule has 0 amide bonds. The van der Waals surface area contributed by atoms with Crippen molar-refractivity contribution in [3.63, 3.8) is 0 Å². The number of carbonyl (C=O) groups is 2. The van der Waals surface area contributed by atoms with Crippen LogP contribution in [0.3, 0.4) is 0 Å². The second kappa shape index (κ2) is 33.1. The SMILES string of the molecule is Cc1ccc2[nH]c(-c3c(O)sc4ccccc34)c(N=O)c2c1.O=C(CO)c1ccc2c(c1)/C(=N\OCCN1CCCCC1)C(c1c(O)sc3ccccc13)=N2.O=C(CO)c1ccc2c(c1)/C(=N\OCCN1CCOCC1)C(c1c(O)sc3ccccc13)=N2.[C-]#[N+]c1ccc2[nH]c(-c3c(O)sc4ccccc34)c(N=O)c2c1. The molecule has 0 unspecified atom stereocenters. The van der Waals surface area contributed by atoms with Crippen molar-refractivity contribution in [3.05, 3.63) is 230 Å². The van der Waals surface area contributed by atoms with Gasteiger partial charge in [0.15, 0.2) is 37.5 Å².